The van der Waals surface area contributed by atoms with Crippen LogP contribution < -0.4 is 16.1 Å². The number of hydrogen-bond donors (Lipinski definition) is 3. The molecule has 2 aromatic rings. The largest absolute Gasteiger partial charge is 0.354 e. The highest BCUT2D eigenvalue weighted by Gasteiger charge is 2.04. The van der Waals surface area contributed by atoms with Crippen molar-refractivity contribution in [1.29, 1.82) is 0 Å². The molecule has 2 rings (SSSR count). The number of hydrazone groups is 1. The van der Waals surface area contributed by atoms with Crippen molar-refractivity contribution >= 4 is 24.1 Å². The molecule has 1 heterocycles. The van der Waals surface area contributed by atoms with E-state index in [1.54, 1.807) is 18.3 Å². The molecule has 0 saturated carbocycles. The Balaban J connectivity index is 2.08. The van der Waals surface area contributed by atoms with Crippen molar-refractivity contribution in [1.82, 2.24) is 15.0 Å². The third-order valence-electron chi connectivity index (χ3n) is 2.55. The highest BCUT2D eigenvalue weighted by atomic mass is 19.1. The van der Waals surface area contributed by atoms with Gasteiger partial charge >= 0.3 is 0 Å². The van der Waals surface area contributed by atoms with Crippen molar-refractivity contribution in [3.8, 4) is 0 Å². The van der Waals surface area contributed by atoms with E-state index < -0.39 is 0 Å². The quantitative estimate of drug-likeness (QED) is 0.537. The van der Waals surface area contributed by atoms with Crippen LogP contribution in [0.2, 0.25) is 0 Å². The predicted molar refractivity (Wildman–Crippen MR) is 85.8 cm³/mol. The van der Waals surface area contributed by atoms with Crippen molar-refractivity contribution in [3.05, 3.63) is 35.6 Å². The molecule has 0 amide bonds. The fourth-order valence-corrected chi connectivity index (χ4v) is 1.61. The highest BCUT2D eigenvalue weighted by Crippen LogP contribution is 2.09. The Morgan fingerprint density at radius 2 is 1.50 bits per heavy atom. The topological polar surface area (TPSA) is 87.1 Å². The number of nitrogens with one attached hydrogen (secondary N) is 3. The van der Waals surface area contributed by atoms with Gasteiger partial charge in [-0.25, -0.2) is 9.82 Å². The zero-order valence-electron chi connectivity index (χ0n) is 12.5. The van der Waals surface area contributed by atoms with Crippen LogP contribution in [-0.4, -0.2) is 34.3 Å². The van der Waals surface area contributed by atoms with Gasteiger partial charge in [-0.2, -0.15) is 20.1 Å². The van der Waals surface area contributed by atoms with E-state index in [0.717, 1.165) is 5.56 Å². The first-order valence-electron chi connectivity index (χ1n) is 6.99. The number of aromatic nitrogens is 3. The molecule has 22 heavy (non-hydrogen) atoms. The Labute approximate surface area is 128 Å². The molecule has 116 valence electrons. The zero-order chi connectivity index (χ0) is 15.8. The summed E-state index contributed by atoms with van der Waals surface area (Å²) in [4.78, 5) is 12.6. The van der Waals surface area contributed by atoms with Crippen LogP contribution in [0.5, 0.6) is 0 Å². The fraction of sp³-hybridized carbons (Fsp3) is 0.286. The lowest BCUT2D eigenvalue weighted by molar-refractivity contribution is 0.628. The number of halogens is 1. The second kappa shape index (κ2) is 7.87. The molecule has 0 fully saturated rings. The van der Waals surface area contributed by atoms with E-state index in [1.807, 2.05) is 13.8 Å². The summed E-state index contributed by atoms with van der Waals surface area (Å²) in [6.45, 7) is 5.31. The van der Waals surface area contributed by atoms with E-state index in [1.165, 1.54) is 12.1 Å². The van der Waals surface area contributed by atoms with Crippen LogP contribution in [0.3, 0.4) is 0 Å². The molecular formula is C14H18FN7. The Hall–Kier alpha value is -2.77. The van der Waals surface area contributed by atoms with E-state index in [9.17, 15) is 4.39 Å². The molecule has 7 nitrogen and oxygen atoms in total. The molecule has 0 saturated heterocycles. The van der Waals surface area contributed by atoms with Crippen molar-refractivity contribution in [2.24, 2.45) is 5.10 Å². The molecule has 0 bridgehead atoms. The van der Waals surface area contributed by atoms with Gasteiger partial charge in [0.1, 0.15) is 5.82 Å². The van der Waals surface area contributed by atoms with Crippen molar-refractivity contribution in [2.75, 3.05) is 29.1 Å². The summed E-state index contributed by atoms with van der Waals surface area (Å²) >= 11 is 0. The summed E-state index contributed by atoms with van der Waals surface area (Å²) in [6.07, 6.45) is 1.56. The van der Waals surface area contributed by atoms with Gasteiger partial charge in [-0.1, -0.05) is 12.1 Å². The molecule has 0 aliphatic rings. The van der Waals surface area contributed by atoms with Gasteiger partial charge in [-0.3, -0.25) is 0 Å². The molecule has 0 radical (unpaired) electrons. The highest BCUT2D eigenvalue weighted by molar-refractivity contribution is 5.79. The smallest absolute Gasteiger partial charge is 0.250 e. The lowest BCUT2D eigenvalue weighted by atomic mass is 10.2. The predicted octanol–water partition coefficient (Wildman–Crippen LogP) is 2.32. The van der Waals surface area contributed by atoms with Gasteiger partial charge in [0, 0.05) is 13.1 Å². The summed E-state index contributed by atoms with van der Waals surface area (Å²) in [7, 11) is 0. The number of hydrogen-bond acceptors (Lipinski definition) is 7. The summed E-state index contributed by atoms with van der Waals surface area (Å²) in [5, 5.41) is 10.1. The van der Waals surface area contributed by atoms with Crippen LogP contribution in [0.25, 0.3) is 0 Å². The molecule has 0 unspecified atom stereocenters. The minimum absolute atomic E-state index is 0.284. The molecule has 0 spiro atoms. The summed E-state index contributed by atoms with van der Waals surface area (Å²) in [5.41, 5.74) is 3.50. The first kappa shape index (κ1) is 15.6. The number of anilines is 3. The van der Waals surface area contributed by atoms with Crippen LogP contribution in [0.4, 0.5) is 22.2 Å². The van der Waals surface area contributed by atoms with Gasteiger partial charge in [0.2, 0.25) is 17.8 Å². The first-order valence-corrected chi connectivity index (χ1v) is 6.99. The van der Waals surface area contributed by atoms with Gasteiger partial charge in [-0.05, 0) is 31.5 Å². The van der Waals surface area contributed by atoms with Gasteiger partial charge in [0.25, 0.3) is 0 Å². The van der Waals surface area contributed by atoms with E-state index in [0.29, 0.717) is 30.9 Å². The third-order valence-corrected chi connectivity index (χ3v) is 2.55. The lowest BCUT2D eigenvalue weighted by Gasteiger charge is -2.07. The second-order valence-corrected chi connectivity index (χ2v) is 4.29. The summed E-state index contributed by atoms with van der Waals surface area (Å²) < 4.78 is 12.8. The standard InChI is InChI=1S/C14H18FN7/c1-3-16-12-19-13(17-4-2)21-14(20-12)22-18-9-10-5-7-11(15)8-6-10/h5-9H,3-4H2,1-2H3,(H3,16,17,19,20,21,22)/b18-9+. The van der Waals surface area contributed by atoms with E-state index >= 15 is 0 Å². The zero-order valence-corrected chi connectivity index (χ0v) is 12.5. The number of benzene rings is 1. The van der Waals surface area contributed by atoms with Crippen LogP contribution in [0.15, 0.2) is 29.4 Å². The van der Waals surface area contributed by atoms with Gasteiger partial charge in [-0.15, -0.1) is 0 Å². The molecule has 3 N–H and O–H groups in total. The maximum absolute atomic E-state index is 12.8. The fourth-order valence-electron chi connectivity index (χ4n) is 1.61. The summed E-state index contributed by atoms with van der Waals surface area (Å²) in [6, 6.07) is 6.00. The van der Waals surface area contributed by atoms with Crippen molar-refractivity contribution < 1.29 is 4.39 Å². The van der Waals surface area contributed by atoms with E-state index in [-0.39, 0.29) is 5.82 Å². The Morgan fingerprint density at radius 3 is 2.05 bits per heavy atom. The SMILES string of the molecule is CCNc1nc(NCC)nc(N/N=C/c2ccc(F)cc2)n1. The Bertz CT molecular complexity index is 603. The monoisotopic (exact) mass is 303 g/mol. The Kier molecular flexibility index (Phi) is 5.58. The number of rotatable bonds is 7. The van der Waals surface area contributed by atoms with Crippen molar-refractivity contribution in [3.63, 3.8) is 0 Å². The Morgan fingerprint density at radius 1 is 0.955 bits per heavy atom. The molecule has 0 atom stereocenters. The molecule has 8 heteroatoms. The average Bonchev–Trinajstić information content (AvgIpc) is 2.50. The molecular weight excluding hydrogens is 285 g/mol. The van der Waals surface area contributed by atoms with Crippen LogP contribution in [-0.2, 0) is 0 Å². The molecule has 1 aromatic carbocycles. The summed E-state index contributed by atoms with van der Waals surface area (Å²) in [5.74, 6) is 0.967. The molecule has 1 aromatic heterocycles. The van der Waals surface area contributed by atoms with E-state index in [2.05, 4.69) is 36.1 Å². The molecule has 0 aliphatic heterocycles. The second-order valence-electron chi connectivity index (χ2n) is 4.29. The maximum atomic E-state index is 12.8. The minimum atomic E-state index is -0.284. The normalized spacial score (nSPS) is 10.7. The van der Waals surface area contributed by atoms with Crippen LogP contribution >= 0.6 is 0 Å². The van der Waals surface area contributed by atoms with Crippen molar-refractivity contribution in [2.45, 2.75) is 13.8 Å². The van der Waals surface area contributed by atoms with Gasteiger partial charge in [0.05, 0.1) is 6.21 Å². The minimum Gasteiger partial charge on any atom is -0.354 e. The van der Waals surface area contributed by atoms with Crippen LogP contribution in [0, 0.1) is 5.82 Å². The lowest BCUT2D eigenvalue weighted by Crippen LogP contribution is -2.10. The number of nitrogens with zero attached hydrogens (tertiary/aromatic N) is 4. The maximum Gasteiger partial charge on any atom is 0.250 e. The third kappa shape index (κ3) is 4.65. The first-order chi connectivity index (χ1) is 10.7. The van der Waals surface area contributed by atoms with Crippen LogP contribution in [0.1, 0.15) is 19.4 Å². The molecule has 0 aliphatic carbocycles. The van der Waals surface area contributed by atoms with Gasteiger partial charge in [0.15, 0.2) is 0 Å². The van der Waals surface area contributed by atoms with E-state index in [4.69, 9.17) is 0 Å². The van der Waals surface area contributed by atoms with Gasteiger partial charge < -0.3 is 10.6 Å². The average molecular weight is 303 g/mol.